The average molecular weight is 169 g/mol. The second-order valence-corrected chi connectivity index (χ2v) is 2.34. The first-order chi connectivity index (χ1) is 5.86. The maximum atomic E-state index is 8.60. The summed E-state index contributed by atoms with van der Waals surface area (Å²) in [5.74, 6) is 0.492. The van der Waals surface area contributed by atoms with Gasteiger partial charge in [0.1, 0.15) is 0 Å². The summed E-state index contributed by atoms with van der Waals surface area (Å²) < 4.78 is 0. The number of hydrogen-bond donors (Lipinski definition) is 3. The number of nitriles is 1. The van der Waals surface area contributed by atoms with E-state index in [1.165, 1.54) is 0 Å². The molecule has 0 bridgehead atoms. The second-order valence-electron chi connectivity index (χ2n) is 2.34. The van der Waals surface area contributed by atoms with Gasteiger partial charge in [-0.15, -0.1) is 0 Å². The van der Waals surface area contributed by atoms with E-state index in [1.807, 2.05) is 4.90 Å². The third-order valence-electron chi connectivity index (χ3n) is 1.49. The number of aliphatic hydroxyl groups is 1. The summed E-state index contributed by atoms with van der Waals surface area (Å²) in [7, 11) is 0. The molecule has 0 spiro atoms. The average Bonchev–Trinajstić information content (AvgIpc) is 2.09. The predicted octanol–water partition coefficient (Wildman–Crippen LogP) is -1.77. The van der Waals surface area contributed by atoms with E-state index in [0.717, 1.165) is 0 Å². The molecule has 1 aliphatic heterocycles. The third-order valence-corrected chi connectivity index (χ3v) is 1.49. The fraction of sp³-hybridized carbons (Fsp3) is 0.667. The van der Waals surface area contributed by atoms with Crippen LogP contribution < -0.4 is 10.6 Å². The van der Waals surface area contributed by atoms with Crippen molar-refractivity contribution in [1.29, 1.82) is 5.26 Å². The molecule has 0 aliphatic carbocycles. The highest BCUT2D eigenvalue weighted by Crippen LogP contribution is 1.90. The van der Waals surface area contributed by atoms with E-state index in [2.05, 4.69) is 15.6 Å². The maximum Gasteiger partial charge on any atom is 0.207 e. The number of rotatable bonds is 2. The normalized spacial score (nSPS) is 17.5. The molecule has 0 unspecified atom stereocenters. The van der Waals surface area contributed by atoms with E-state index in [4.69, 9.17) is 10.4 Å². The van der Waals surface area contributed by atoms with Gasteiger partial charge >= 0.3 is 0 Å². The quantitative estimate of drug-likeness (QED) is 0.336. The van der Waals surface area contributed by atoms with Crippen LogP contribution in [0.15, 0.2) is 4.99 Å². The fourth-order valence-electron chi connectivity index (χ4n) is 0.891. The number of nitrogens with zero attached hydrogens (tertiary/aromatic N) is 3. The first-order valence-electron chi connectivity index (χ1n) is 3.63. The van der Waals surface area contributed by atoms with Gasteiger partial charge in [-0.1, -0.05) is 0 Å². The van der Waals surface area contributed by atoms with E-state index < -0.39 is 0 Å². The van der Waals surface area contributed by atoms with Gasteiger partial charge in [0.2, 0.25) is 5.96 Å². The molecule has 0 amide bonds. The molecular weight excluding hydrogens is 158 g/mol. The highest BCUT2D eigenvalue weighted by Gasteiger charge is 2.09. The molecular formula is C6H11N5O. The van der Waals surface area contributed by atoms with Crippen LogP contribution in [-0.2, 0) is 0 Å². The number of aliphatic imine (C=N–C) groups is 1. The first kappa shape index (κ1) is 8.77. The zero-order chi connectivity index (χ0) is 8.81. The van der Waals surface area contributed by atoms with Crippen LogP contribution in [0.1, 0.15) is 0 Å². The minimum absolute atomic E-state index is 0.123. The zero-order valence-electron chi connectivity index (χ0n) is 6.62. The Labute approximate surface area is 70.5 Å². The van der Waals surface area contributed by atoms with Gasteiger partial charge in [-0.25, -0.2) is 4.99 Å². The Morgan fingerprint density at radius 1 is 1.83 bits per heavy atom. The lowest BCUT2D eigenvalue weighted by Crippen LogP contribution is -2.48. The van der Waals surface area contributed by atoms with Gasteiger partial charge in [-0.2, -0.15) is 5.26 Å². The largest absolute Gasteiger partial charge is 0.395 e. The molecule has 6 nitrogen and oxygen atoms in total. The minimum atomic E-state index is 0.123. The molecule has 6 heteroatoms. The summed E-state index contributed by atoms with van der Waals surface area (Å²) >= 11 is 0. The molecule has 0 atom stereocenters. The van der Waals surface area contributed by atoms with E-state index in [1.54, 1.807) is 6.19 Å². The van der Waals surface area contributed by atoms with Gasteiger partial charge in [-0.3, -0.25) is 10.2 Å². The van der Waals surface area contributed by atoms with Crippen molar-refractivity contribution in [1.82, 2.24) is 15.5 Å². The van der Waals surface area contributed by atoms with Crippen molar-refractivity contribution in [3.05, 3.63) is 0 Å². The Morgan fingerprint density at radius 3 is 3.17 bits per heavy atom. The number of β-amino-alcohol motifs (C(OH)–C–C–N with tert-alkyl or cyclic N) is 1. The Hall–Kier alpha value is -1.32. The monoisotopic (exact) mass is 169 g/mol. The summed E-state index contributed by atoms with van der Waals surface area (Å²) in [5, 5.41) is 22.1. The third kappa shape index (κ3) is 2.38. The van der Waals surface area contributed by atoms with Crippen LogP contribution in [0.2, 0.25) is 0 Å². The Bertz CT molecular complexity index is 208. The van der Waals surface area contributed by atoms with Crippen molar-refractivity contribution in [3.63, 3.8) is 0 Å². The van der Waals surface area contributed by atoms with Crippen LogP contribution in [0.25, 0.3) is 0 Å². The lowest BCUT2D eigenvalue weighted by molar-refractivity contribution is 0.190. The summed E-state index contributed by atoms with van der Waals surface area (Å²) in [6.07, 6.45) is 1.77. The SMILES string of the molecule is N#CNC1=NCN(CCO)CN1. The molecule has 1 heterocycles. The maximum absolute atomic E-state index is 8.60. The molecule has 1 rings (SSSR count). The molecule has 66 valence electrons. The van der Waals surface area contributed by atoms with Crippen LogP contribution >= 0.6 is 0 Å². The van der Waals surface area contributed by atoms with Gasteiger partial charge in [0.25, 0.3) is 0 Å². The first-order valence-corrected chi connectivity index (χ1v) is 3.63. The summed E-state index contributed by atoms with van der Waals surface area (Å²) in [6.45, 7) is 1.83. The van der Waals surface area contributed by atoms with E-state index in [9.17, 15) is 0 Å². The fourth-order valence-corrected chi connectivity index (χ4v) is 0.891. The summed E-state index contributed by atoms with van der Waals surface area (Å²) in [5.41, 5.74) is 0. The van der Waals surface area contributed by atoms with Crippen molar-refractivity contribution < 1.29 is 5.11 Å². The molecule has 0 fully saturated rings. The van der Waals surface area contributed by atoms with Crippen molar-refractivity contribution >= 4 is 5.96 Å². The molecule has 0 radical (unpaired) electrons. The highest BCUT2D eigenvalue weighted by molar-refractivity contribution is 5.81. The van der Waals surface area contributed by atoms with Crippen LogP contribution in [0.3, 0.4) is 0 Å². The predicted molar refractivity (Wildman–Crippen MR) is 42.8 cm³/mol. The van der Waals surface area contributed by atoms with E-state index >= 15 is 0 Å². The summed E-state index contributed by atoms with van der Waals surface area (Å²) in [4.78, 5) is 5.93. The van der Waals surface area contributed by atoms with Crippen LogP contribution in [0.5, 0.6) is 0 Å². The number of aliphatic hydroxyl groups excluding tert-OH is 1. The lowest BCUT2D eigenvalue weighted by atomic mass is 10.5. The van der Waals surface area contributed by atoms with Crippen molar-refractivity contribution in [2.24, 2.45) is 4.99 Å². The van der Waals surface area contributed by atoms with Gasteiger partial charge in [0, 0.05) is 6.54 Å². The molecule has 12 heavy (non-hydrogen) atoms. The molecule has 1 aliphatic rings. The molecule has 3 N–H and O–H groups in total. The summed E-state index contributed by atoms with van der Waals surface area (Å²) in [6, 6.07) is 0. The number of nitrogens with one attached hydrogen (secondary N) is 2. The van der Waals surface area contributed by atoms with Crippen molar-refractivity contribution in [2.45, 2.75) is 0 Å². The van der Waals surface area contributed by atoms with Crippen molar-refractivity contribution in [2.75, 3.05) is 26.5 Å². The topological polar surface area (TPSA) is 83.7 Å². The van der Waals surface area contributed by atoms with Crippen LogP contribution in [-0.4, -0.2) is 42.5 Å². The van der Waals surface area contributed by atoms with E-state index in [0.29, 0.717) is 25.8 Å². The molecule has 0 aromatic carbocycles. The molecule has 0 saturated carbocycles. The second kappa shape index (κ2) is 4.54. The lowest BCUT2D eigenvalue weighted by Gasteiger charge is -2.24. The van der Waals surface area contributed by atoms with Crippen LogP contribution in [0.4, 0.5) is 0 Å². The van der Waals surface area contributed by atoms with E-state index in [-0.39, 0.29) is 6.61 Å². The Morgan fingerprint density at radius 2 is 2.67 bits per heavy atom. The minimum Gasteiger partial charge on any atom is -0.395 e. The molecule has 0 aromatic rings. The van der Waals surface area contributed by atoms with Gasteiger partial charge in [0.15, 0.2) is 6.19 Å². The van der Waals surface area contributed by atoms with Gasteiger partial charge in [0.05, 0.1) is 19.9 Å². The van der Waals surface area contributed by atoms with Crippen LogP contribution in [0, 0.1) is 11.5 Å². The Balaban J connectivity index is 2.32. The molecule has 0 saturated heterocycles. The Kier molecular flexibility index (Phi) is 3.32. The molecule has 0 aromatic heterocycles. The zero-order valence-corrected chi connectivity index (χ0v) is 6.62. The standard InChI is InChI=1S/C6H11N5O/c7-3-8-6-9-4-11(1-2-12)5-10-6/h12H,1-2,4-5H2,(H2,8,9,10). The van der Waals surface area contributed by atoms with Gasteiger partial charge in [-0.05, 0) is 0 Å². The number of guanidine groups is 1. The van der Waals surface area contributed by atoms with Crippen molar-refractivity contribution in [3.8, 4) is 6.19 Å². The smallest absolute Gasteiger partial charge is 0.207 e. The highest BCUT2D eigenvalue weighted by atomic mass is 16.3. The van der Waals surface area contributed by atoms with Gasteiger partial charge < -0.3 is 10.4 Å². The number of hydrogen-bond acceptors (Lipinski definition) is 6.